The van der Waals surface area contributed by atoms with Crippen molar-refractivity contribution in [2.45, 2.75) is 25.8 Å². The number of rotatable bonds is 6. The lowest BCUT2D eigenvalue weighted by Crippen LogP contribution is -2.24. The van der Waals surface area contributed by atoms with Gasteiger partial charge in [-0.1, -0.05) is 49.4 Å². The summed E-state index contributed by atoms with van der Waals surface area (Å²) in [5.41, 5.74) is 2.43. The minimum atomic E-state index is -0.183. The lowest BCUT2D eigenvalue weighted by molar-refractivity contribution is 0.527. The highest BCUT2D eigenvalue weighted by molar-refractivity contribution is 5.24. The fraction of sp³-hybridized carbons (Fsp3) is 0.294. The Hall–Kier alpha value is -1.67. The van der Waals surface area contributed by atoms with Crippen LogP contribution >= 0.6 is 0 Å². The molecule has 2 rings (SSSR count). The molecule has 1 atom stereocenters. The van der Waals surface area contributed by atoms with E-state index in [4.69, 9.17) is 0 Å². The summed E-state index contributed by atoms with van der Waals surface area (Å²) in [5.74, 6) is -0.183. The van der Waals surface area contributed by atoms with Gasteiger partial charge in [-0.3, -0.25) is 0 Å². The summed E-state index contributed by atoms with van der Waals surface area (Å²) in [6.45, 7) is 3.12. The molecule has 0 bridgehead atoms. The van der Waals surface area contributed by atoms with E-state index in [0.29, 0.717) is 0 Å². The third-order valence-electron chi connectivity index (χ3n) is 3.20. The van der Waals surface area contributed by atoms with Crippen molar-refractivity contribution in [1.29, 1.82) is 0 Å². The monoisotopic (exact) mass is 257 g/mol. The lowest BCUT2D eigenvalue weighted by Gasteiger charge is -2.19. The fourth-order valence-electron chi connectivity index (χ4n) is 2.17. The van der Waals surface area contributed by atoms with Gasteiger partial charge in [0.15, 0.2) is 0 Å². The first kappa shape index (κ1) is 13.8. The van der Waals surface area contributed by atoms with Gasteiger partial charge < -0.3 is 5.32 Å². The highest BCUT2D eigenvalue weighted by Crippen LogP contribution is 2.19. The molecule has 0 heterocycles. The van der Waals surface area contributed by atoms with Crippen LogP contribution in [0.3, 0.4) is 0 Å². The zero-order valence-corrected chi connectivity index (χ0v) is 11.3. The molecular formula is C17H20FN. The van der Waals surface area contributed by atoms with Crippen molar-refractivity contribution in [2.24, 2.45) is 0 Å². The van der Waals surface area contributed by atoms with E-state index in [9.17, 15) is 4.39 Å². The molecule has 0 spiro atoms. The number of benzene rings is 2. The molecule has 2 heteroatoms. The smallest absolute Gasteiger partial charge is 0.123 e. The molecule has 1 N–H and O–H groups in total. The zero-order chi connectivity index (χ0) is 13.5. The van der Waals surface area contributed by atoms with Crippen LogP contribution in [0.1, 0.15) is 30.5 Å². The fourth-order valence-corrected chi connectivity index (χ4v) is 2.17. The standard InChI is InChI=1S/C17H20FN/c1-2-12-19-17(13-14-6-4-3-5-7-14)15-8-10-16(18)11-9-15/h3-11,17,19H,2,12-13H2,1H3. The maximum absolute atomic E-state index is 13.0. The number of hydrogen-bond donors (Lipinski definition) is 1. The summed E-state index contributed by atoms with van der Waals surface area (Å²) in [6.07, 6.45) is 2.01. The van der Waals surface area contributed by atoms with Gasteiger partial charge in [-0.25, -0.2) is 4.39 Å². The second kappa shape index (κ2) is 7.05. The molecule has 0 aliphatic rings. The van der Waals surface area contributed by atoms with E-state index in [-0.39, 0.29) is 11.9 Å². The molecule has 2 aromatic carbocycles. The normalized spacial score (nSPS) is 12.3. The first-order valence-corrected chi connectivity index (χ1v) is 6.82. The third kappa shape index (κ3) is 4.18. The maximum Gasteiger partial charge on any atom is 0.123 e. The van der Waals surface area contributed by atoms with Gasteiger partial charge in [0.05, 0.1) is 0 Å². The van der Waals surface area contributed by atoms with E-state index < -0.39 is 0 Å². The van der Waals surface area contributed by atoms with Crippen LogP contribution in [-0.4, -0.2) is 6.54 Å². The van der Waals surface area contributed by atoms with Crippen LogP contribution in [0.15, 0.2) is 54.6 Å². The number of halogens is 1. The van der Waals surface area contributed by atoms with E-state index in [1.54, 1.807) is 0 Å². The third-order valence-corrected chi connectivity index (χ3v) is 3.20. The first-order valence-electron chi connectivity index (χ1n) is 6.82. The molecule has 0 fully saturated rings. The Morgan fingerprint density at radius 3 is 2.32 bits per heavy atom. The topological polar surface area (TPSA) is 12.0 Å². The Morgan fingerprint density at radius 2 is 1.68 bits per heavy atom. The van der Waals surface area contributed by atoms with Gasteiger partial charge in [0.25, 0.3) is 0 Å². The summed E-state index contributed by atoms with van der Waals surface area (Å²) in [5, 5.41) is 3.53. The van der Waals surface area contributed by atoms with E-state index in [0.717, 1.165) is 24.9 Å². The molecule has 1 unspecified atom stereocenters. The van der Waals surface area contributed by atoms with E-state index >= 15 is 0 Å². The molecule has 0 saturated carbocycles. The minimum absolute atomic E-state index is 0.183. The number of nitrogens with one attached hydrogen (secondary N) is 1. The Bertz CT molecular complexity index is 478. The SMILES string of the molecule is CCCNC(Cc1ccccc1)c1ccc(F)cc1. The minimum Gasteiger partial charge on any atom is -0.310 e. The summed E-state index contributed by atoms with van der Waals surface area (Å²) in [7, 11) is 0. The van der Waals surface area contributed by atoms with Crippen molar-refractivity contribution in [3.63, 3.8) is 0 Å². The van der Waals surface area contributed by atoms with Crippen molar-refractivity contribution < 1.29 is 4.39 Å². The van der Waals surface area contributed by atoms with Crippen molar-refractivity contribution in [3.05, 3.63) is 71.5 Å². The second-order valence-electron chi connectivity index (χ2n) is 4.75. The Labute approximate surface area is 114 Å². The highest BCUT2D eigenvalue weighted by Gasteiger charge is 2.11. The Morgan fingerprint density at radius 1 is 1.00 bits per heavy atom. The summed E-state index contributed by atoms with van der Waals surface area (Å²) >= 11 is 0. The largest absolute Gasteiger partial charge is 0.310 e. The molecule has 0 amide bonds. The van der Waals surface area contributed by atoms with Gasteiger partial charge in [-0.2, -0.15) is 0 Å². The molecule has 2 aromatic rings. The molecule has 19 heavy (non-hydrogen) atoms. The zero-order valence-electron chi connectivity index (χ0n) is 11.3. The molecule has 1 nitrogen and oxygen atoms in total. The predicted molar refractivity (Wildman–Crippen MR) is 77.6 cm³/mol. The van der Waals surface area contributed by atoms with Crippen LogP contribution in [0.4, 0.5) is 4.39 Å². The molecule has 100 valence electrons. The van der Waals surface area contributed by atoms with Crippen LogP contribution in [0.5, 0.6) is 0 Å². The van der Waals surface area contributed by atoms with E-state index in [1.165, 1.54) is 17.7 Å². The Balaban J connectivity index is 2.13. The molecule has 0 aliphatic carbocycles. The second-order valence-corrected chi connectivity index (χ2v) is 4.75. The molecule has 0 radical (unpaired) electrons. The number of hydrogen-bond acceptors (Lipinski definition) is 1. The average molecular weight is 257 g/mol. The van der Waals surface area contributed by atoms with Gasteiger partial charge in [0.2, 0.25) is 0 Å². The average Bonchev–Trinajstić information content (AvgIpc) is 2.45. The van der Waals surface area contributed by atoms with E-state index in [2.05, 4.69) is 36.5 Å². The first-order chi connectivity index (χ1) is 9.29. The molecule has 0 saturated heterocycles. The summed E-state index contributed by atoms with van der Waals surface area (Å²) in [4.78, 5) is 0. The van der Waals surface area contributed by atoms with Crippen LogP contribution in [0.25, 0.3) is 0 Å². The van der Waals surface area contributed by atoms with Crippen LogP contribution < -0.4 is 5.32 Å². The summed E-state index contributed by atoms with van der Waals surface area (Å²) in [6, 6.07) is 17.4. The van der Waals surface area contributed by atoms with E-state index in [1.807, 2.05) is 18.2 Å². The summed E-state index contributed by atoms with van der Waals surface area (Å²) < 4.78 is 13.0. The quantitative estimate of drug-likeness (QED) is 0.821. The lowest BCUT2D eigenvalue weighted by atomic mass is 9.98. The molecule has 0 aliphatic heterocycles. The maximum atomic E-state index is 13.0. The van der Waals surface area contributed by atoms with Crippen molar-refractivity contribution in [3.8, 4) is 0 Å². The van der Waals surface area contributed by atoms with Gasteiger partial charge in [-0.05, 0) is 42.6 Å². The van der Waals surface area contributed by atoms with Crippen LogP contribution in [0.2, 0.25) is 0 Å². The molecule has 0 aromatic heterocycles. The van der Waals surface area contributed by atoms with Gasteiger partial charge in [0, 0.05) is 6.04 Å². The van der Waals surface area contributed by atoms with Gasteiger partial charge in [0.1, 0.15) is 5.82 Å². The molecular weight excluding hydrogens is 237 g/mol. The van der Waals surface area contributed by atoms with Gasteiger partial charge in [-0.15, -0.1) is 0 Å². The van der Waals surface area contributed by atoms with Gasteiger partial charge >= 0.3 is 0 Å². The van der Waals surface area contributed by atoms with Crippen LogP contribution in [0, 0.1) is 5.82 Å². The highest BCUT2D eigenvalue weighted by atomic mass is 19.1. The Kier molecular flexibility index (Phi) is 5.10. The van der Waals surface area contributed by atoms with Crippen molar-refractivity contribution >= 4 is 0 Å². The van der Waals surface area contributed by atoms with Crippen molar-refractivity contribution in [1.82, 2.24) is 5.32 Å². The van der Waals surface area contributed by atoms with Crippen molar-refractivity contribution in [2.75, 3.05) is 6.54 Å². The van der Waals surface area contributed by atoms with Crippen LogP contribution in [-0.2, 0) is 6.42 Å². The predicted octanol–water partition coefficient (Wildman–Crippen LogP) is 4.11.